The van der Waals surface area contributed by atoms with Crippen molar-refractivity contribution in [2.24, 2.45) is 5.92 Å². The number of nitrogens with one attached hydrogen (secondary N) is 1. The molecule has 3 heteroatoms. The first kappa shape index (κ1) is 14.6. The quantitative estimate of drug-likeness (QED) is 0.939. The average Bonchev–Trinajstić information content (AvgIpc) is 2.99. The van der Waals surface area contributed by atoms with Crippen molar-refractivity contribution < 1.29 is 4.79 Å². The van der Waals surface area contributed by atoms with E-state index in [0.717, 1.165) is 38.0 Å². The highest BCUT2D eigenvalue weighted by atomic mass is 16.2. The van der Waals surface area contributed by atoms with Gasteiger partial charge in [-0.15, -0.1) is 0 Å². The topological polar surface area (TPSA) is 32.3 Å². The van der Waals surface area contributed by atoms with Gasteiger partial charge in [-0.25, -0.2) is 0 Å². The summed E-state index contributed by atoms with van der Waals surface area (Å²) in [6.07, 6.45) is 4.65. The second kappa shape index (κ2) is 5.88. The van der Waals surface area contributed by atoms with Crippen molar-refractivity contribution in [3.8, 4) is 0 Å². The molecule has 0 aromatic heterocycles. The van der Waals surface area contributed by atoms with E-state index in [4.69, 9.17) is 0 Å². The van der Waals surface area contributed by atoms with E-state index >= 15 is 0 Å². The summed E-state index contributed by atoms with van der Waals surface area (Å²) in [6.45, 7) is 4.44. The van der Waals surface area contributed by atoms with Crippen LogP contribution in [0.15, 0.2) is 30.3 Å². The lowest BCUT2D eigenvalue weighted by Crippen LogP contribution is -2.41. The number of benzene rings is 2. The number of piperidine rings is 1. The zero-order valence-electron chi connectivity index (χ0n) is 13.8. The van der Waals surface area contributed by atoms with Crippen LogP contribution >= 0.6 is 0 Å². The van der Waals surface area contributed by atoms with Crippen LogP contribution in [0.3, 0.4) is 0 Å². The molecule has 120 valence electrons. The molecule has 0 unspecified atom stereocenters. The fourth-order valence-corrected chi connectivity index (χ4v) is 4.10. The molecule has 1 N–H and O–H groups in total. The van der Waals surface area contributed by atoms with Gasteiger partial charge >= 0.3 is 0 Å². The SMILES string of the molecule is C[C@@H]1CCCN(C(=O)CNc2ccc3c4c(cccc24)CC3)C1. The number of nitrogens with zero attached hydrogens (tertiary/aromatic N) is 1. The van der Waals surface area contributed by atoms with E-state index < -0.39 is 0 Å². The summed E-state index contributed by atoms with van der Waals surface area (Å²) in [7, 11) is 0. The number of carbonyl (C=O) groups is 1. The van der Waals surface area contributed by atoms with Gasteiger partial charge in [0, 0.05) is 24.2 Å². The third-order valence-corrected chi connectivity index (χ3v) is 5.32. The molecule has 1 atom stereocenters. The van der Waals surface area contributed by atoms with Crippen LogP contribution in [-0.4, -0.2) is 30.4 Å². The minimum absolute atomic E-state index is 0.222. The number of carbonyl (C=O) groups excluding carboxylic acids is 1. The van der Waals surface area contributed by atoms with Crippen molar-refractivity contribution in [2.45, 2.75) is 32.6 Å². The molecular weight excluding hydrogens is 284 g/mol. The van der Waals surface area contributed by atoms with E-state index in [2.05, 4.69) is 42.6 Å². The smallest absolute Gasteiger partial charge is 0.241 e. The zero-order valence-corrected chi connectivity index (χ0v) is 13.8. The molecule has 1 heterocycles. The van der Waals surface area contributed by atoms with Crippen molar-refractivity contribution in [3.05, 3.63) is 41.5 Å². The second-order valence-corrected chi connectivity index (χ2v) is 7.05. The number of hydrogen-bond donors (Lipinski definition) is 1. The van der Waals surface area contributed by atoms with Gasteiger partial charge < -0.3 is 10.2 Å². The molecule has 2 aromatic carbocycles. The Morgan fingerprint density at radius 2 is 2.04 bits per heavy atom. The monoisotopic (exact) mass is 308 g/mol. The van der Waals surface area contributed by atoms with Crippen molar-refractivity contribution >= 4 is 22.4 Å². The Hall–Kier alpha value is -2.03. The fraction of sp³-hybridized carbons (Fsp3) is 0.450. The van der Waals surface area contributed by atoms with Crippen LogP contribution in [0.2, 0.25) is 0 Å². The van der Waals surface area contributed by atoms with Gasteiger partial charge in [0.2, 0.25) is 5.91 Å². The molecule has 0 spiro atoms. The molecule has 4 rings (SSSR count). The Balaban J connectivity index is 1.52. The van der Waals surface area contributed by atoms with Gasteiger partial charge in [-0.05, 0) is 54.2 Å². The van der Waals surface area contributed by atoms with E-state index in [1.54, 1.807) is 0 Å². The Labute approximate surface area is 137 Å². The molecule has 1 amide bonds. The van der Waals surface area contributed by atoms with Crippen LogP contribution < -0.4 is 5.32 Å². The number of aryl methyl sites for hydroxylation is 2. The predicted octanol–water partition coefficient (Wildman–Crippen LogP) is 3.61. The van der Waals surface area contributed by atoms with Crippen LogP contribution in [0.25, 0.3) is 10.8 Å². The normalized spacial score (nSPS) is 20.0. The predicted molar refractivity (Wildman–Crippen MR) is 94.8 cm³/mol. The van der Waals surface area contributed by atoms with E-state index in [1.165, 1.54) is 28.3 Å². The highest BCUT2D eigenvalue weighted by Gasteiger charge is 2.21. The second-order valence-electron chi connectivity index (χ2n) is 7.05. The van der Waals surface area contributed by atoms with Gasteiger partial charge in [-0.3, -0.25) is 4.79 Å². The molecule has 0 bridgehead atoms. The summed E-state index contributed by atoms with van der Waals surface area (Å²) in [5.74, 6) is 0.851. The first-order valence-electron chi connectivity index (χ1n) is 8.77. The summed E-state index contributed by atoms with van der Waals surface area (Å²) in [4.78, 5) is 14.5. The molecule has 2 aromatic rings. The number of rotatable bonds is 3. The van der Waals surface area contributed by atoms with Gasteiger partial charge in [0.1, 0.15) is 0 Å². The average molecular weight is 308 g/mol. The van der Waals surface area contributed by atoms with Crippen LogP contribution in [0.1, 0.15) is 30.9 Å². The maximum atomic E-state index is 12.5. The third-order valence-electron chi connectivity index (χ3n) is 5.32. The lowest BCUT2D eigenvalue weighted by Gasteiger charge is -2.31. The standard InChI is InChI=1S/C20H24N2O/c1-14-4-3-11-22(13-14)19(23)12-21-18-10-9-16-8-7-15-5-2-6-17(18)20(15)16/h2,5-6,9-10,14,21H,3-4,7-8,11-13H2,1H3/t14-/m1/s1. The van der Waals surface area contributed by atoms with E-state index in [1.807, 2.05) is 4.90 Å². The van der Waals surface area contributed by atoms with Crippen molar-refractivity contribution in [1.29, 1.82) is 0 Å². The molecule has 1 aliphatic carbocycles. The Bertz CT molecular complexity index is 742. The summed E-state index contributed by atoms with van der Waals surface area (Å²) in [5.41, 5.74) is 3.97. The molecule has 3 nitrogen and oxygen atoms in total. The van der Waals surface area contributed by atoms with Crippen molar-refractivity contribution in [2.75, 3.05) is 25.0 Å². The van der Waals surface area contributed by atoms with Gasteiger partial charge in [0.05, 0.1) is 6.54 Å². The van der Waals surface area contributed by atoms with Crippen LogP contribution in [-0.2, 0) is 17.6 Å². The molecule has 0 radical (unpaired) electrons. The molecule has 1 saturated heterocycles. The lowest BCUT2D eigenvalue weighted by atomic mass is 10.0. The van der Waals surface area contributed by atoms with Crippen LogP contribution in [0.4, 0.5) is 5.69 Å². The van der Waals surface area contributed by atoms with Gasteiger partial charge in [0.15, 0.2) is 0 Å². The minimum atomic E-state index is 0.222. The van der Waals surface area contributed by atoms with Gasteiger partial charge in [-0.2, -0.15) is 0 Å². The Morgan fingerprint density at radius 3 is 2.87 bits per heavy atom. The summed E-state index contributed by atoms with van der Waals surface area (Å²) in [5, 5.41) is 6.05. The largest absolute Gasteiger partial charge is 0.376 e. The Kier molecular flexibility index (Phi) is 3.72. The maximum Gasteiger partial charge on any atom is 0.241 e. The minimum Gasteiger partial charge on any atom is -0.376 e. The summed E-state index contributed by atoms with van der Waals surface area (Å²) >= 11 is 0. The van der Waals surface area contributed by atoms with Gasteiger partial charge in [0.25, 0.3) is 0 Å². The number of amides is 1. The maximum absolute atomic E-state index is 12.5. The van der Waals surface area contributed by atoms with Crippen molar-refractivity contribution in [1.82, 2.24) is 4.90 Å². The summed E-state index contributed by atoms with van der Waals surface area (Å²) in [6, 6.07) is 10.9. The number of likely N-dealkylation sites (tertiary alicyclic amines) is 1. The first-order chi connectivity index (χ1) is 11.2. The Morgan fingerprint density at radius 1 is 1.22 bits per heavy atom. The fourth-order valence-electron chi connectivity index (χ4n) is 4.10. The molecule has 23 heavy (non-hydrogen) atoms. The zero-order chi connectivity index (χ0) is 15.8. The van der Waals surface area contributed by atoms with Crippen LogP contribution in [0, 0.1) is 5.92 Å². The molecule has 2 aliphatic rings. The van der Waals surface area contributed by atoms with Crippen LogP contribution in [0.5, 0.6) is 0 Å². The molecular formula is C20H24N2O. The molecule has 1 aliphatic heterocycles. The number of anilines is 1. The first-order valence-corrected chi connectivity index (χ1v) is 8.77. The number of hydrogen-bond acceptors (Lipinski definition) is 2. The highest BCUT2D eigenvalue weighted by molar-refractivity contribution is 6.00. The van der Waals surface area contributed by atoms with E-state index in [0.29, 0.717) is 12.5 Å². The van der Waals surface area contributed by atoms with Crippen molar-refractivity contribution in [3.63, 3.8) is 0 Å². The molecule has 0 saturated carbocycles. The lowest BCUT2D eigenvalue weighted by molar-refractivity contribution is -0.130. The summed E-state index contributed by atoms with van der Waals surface area (Å²) < 4.78 is 0. The highest BCUT2D eigenvalue weighted by Crippen LogP contribution is 2.34. The van der Waals surface area contributed by atoms with E-state index in [9.17, 15) is 4.79 Å². The van der Waals surface area contributed by atoms with Gasteiger partial charge in [-0.1, -0.05) is 31.2 Å². The molecule has 1 fully saturated rings. The van der Waals surface area contributed by atoms with E-state index in [-0.39, 0.29) is 5.91 Å². The third kappa shape index (κ3) is 2.69.